The van der Waals surface area contributed by atoms with Crippen LogP contribution in [-0.2, 0) is 4.79 Å². The molecule has 0 saturated heterocycles. The molecule has 2 N–H and O–H groups in total. The number of nitrogens with two attached hydrogens (primary N) is 1. The summed E-state index contributed by atoms with van der Waals surface area (Å²) in [7, 11) is 0. The van der Waals surface area contributed by atoms with Gasteiger partial charge in [-0.1, -0.05) is 31.5 Å². The fourth-order valence-electron chi connectivity index (χ4n) is 2.53. The first-order chi connectivity index (χ1) is 9.14. The number of anilines is 1. The van der Waals surface area contributed by atoms with E-state index in [9.17, 15) is 4.79 Å². The molecule has 1 aromatic carbocycles. The summed E-state index contributed by atoms with van der Waals surface area (Å²) in [6.07, 6.45) is 5.71. The van der Waals surface area contributed by atoms with E-state index in [1.54, 1.807) is 0 Å². The molecule has 1 aromatic rings. The molecule has 3 heteroatoms. The third kappa shape index (κ3) is 3.57. The highest BCUT2D eigenvalue weighted by Crippen LogP contribution is 2.33. The zero-order valence-corrected chi connectivity index (χ0v) is 11.8. The second-order valence-corrected chi connectivity index (χ2v) is 5.63. The molecule has 0 atom stereocenters. The molecule has 0 aromatic heterocycles. The standard InChI is InChI=1S/C16H24N2O/c1-2-3-12-18(14-8-5-4-6-9-14)15(19)13-16(17)10-7-11-16/h4-6,8-9H,2-3,7,10-13,17H2,1H3. The molecule has 2 rings (SSSR count). The van der Waals surface area contributed by atoms with Gasteiger partial charge >= 0.3 is 0 Å². The van der Waals surface area contributed by atoms with Crippen molar-refractivity contribution in [2.75, 3.05) is 11.4 Å². The number of hydrogen-bond donors (Lipinski definition) is 1. The summed E-state index contributed by atoms with van der Waals surface area (Å²) in [5.74, 6) is 0.168. The summed E-state index contributed by atoms with van der Waals surface area (Å²) in [5, 5.41) is 0. The van der Waals surface area contributed by atoms with Crippen molar-refractivity contribution in [3.05, 3.63) is 30.3 Å². The van der Waals surface area contributed by atoms with Gasteiger partial charge in [-0.05, 0) is 37.8 Å². The van der Waals surface area contributed by atoms with Gasteiger partial charge in [0.1, 0.15) is 0 Å². The second kappa shape index (κ2) is 6.20. The number of amides is 1. The van der Waals surface area contributed by atoms with E-state index in [0.29, 0.717) is 6.42 Å². The van der Waals surface area contributed by atoms with Crippen molar-refractivity contribution in [1.29, 1.82) is 0 Å². The smallest absolute Gasteiger partial charge is 0.228 e. The zero-order chi connectivity index (χ0) is 13.7. The first kappa shape index (κ1) is 14.1. The molecule has 0 spiro atoms. The van der Waals surface area contributed by atoms with Crippen molar-refractivity contribution < 1.29 is 4.79 Å². The third-order valence-electron chi connectivity index (χ3n) is 3.96. The van der Waals surface area contributed by atoms with Gasteiger partial charge in [0.05, 0.1) is 0 Å². The number of carbonyl (C=O) groups excluding carboxylic acids is 1. The number of para-hydroxylation sites is 1. The lowest BCUT2D eigenvalue weighted by molar-refractivity contribution is -0.120. The van der Waals surface area contributed by atoms with E-state index >= 15 is 0 Å². The first-order valence-electron chi connectivity index (χ1n) is 7.29. The molecule has 1 aliphatic carbocycles. The van der Waals surface area contributed by atoms with Crippen molar-refractivity contribution in [2.24, 2.45) is 5.73 Å². The molecule has 1 aliphatic rings. The van der Waals surface area contributed by atoms with Crippen LogP contribution in [0.3, 0.4) is 0 Å². The van der Waals surface area contributed by atoms with E-state index in [1.807, 2.05) is 35.2 Å². The molecular weight excluding hydrogens is 236 g/mol. The number of rotatable bonds is 6. The maximum atomic E-state index is 12.5. The Balaban J connectivity index is 2.06. The second-order valence-electron chi connectivity index (χ2n) is 5.63. The number of nitrogens with zero attached hydrogens (tertiary/aromatic N) is 1. The van der Waals surface area contributed by atoms with Crippen LogP contribution in [0, 0.1) is 0 Å². The Morgan fingerprint density at radius 2 is 2.00 bits per heavy atom. The molecule has 1 amide bonds. The van der Waals surface area contributed by atoms with Crippen molar-refractivity contribution in [3.8, 4) is 0 Å². The van der Waals surface area contributed by atoms with Gasteiger partial charge < -0.3 is 10.6 Å². The molecule has 1 saturated carbocycles. The molecule has 3 nitrogen and oxygen atoms in total. The Kier molecular flexibility index (Phi) is 4.59. The maximum Gasteiger partial charge on any atom is 0.228 e. The van der Waals surface area contributed by atoms with Crippen molar-refractivity contribution >= 4 is 11.6 Å². The average molecular weight is 260 g/mol. The van der Waals surface area contributed by atoms with E-state index < -0.39 is 0 Å². The molecule has 0 heterocycles. The third-order valence-corrected chi connectivity index (χ3v) is 3.96. The van der Waals surface area contributed by atoms with Crippen LogP contribution in [0.5, 0.6) is 0 Å². The summed E-state index contributed by atoms with van der Waals surface area (Å²) < 4.78 is 0. The molecule has 19 heavy (non-hydrogen) atoms. The fourth-order valence-corrected chi connectivity index (χ4v) is 2.53. The van der Waals surface area contributed by atoms with Gasteiger partial charge in [-0.3, -0.25) is 4.79 Å². The largest absolute Gasteiger partial charge is 0.325 e. The Morgan fingerprint density at radius 1 is 1.32 bits per heavy atom. The molecule has 0 aliphatic heterocycles. The summed E-state index contributed by atoms with van der Waals surface area (Å²) in [5.41, 5.74) is 6.95. The van der Waals surface area contributed by atoms with E-state index in [0.717, 1.165) is 44.3 Å². The molecule has 0 bridgehead atoms. The Hall–Kier alpha value is -1.35. The molecule has 1 fully saturated rings. The molecule has 0 radical (unpaired) electrons. The van der Waals surface area contributed by atoms with Crippen LogP contribution in [0.1, 0.15) is 45.4 Å². The van der Waals surface area contributed by atoms with Crippen LogP contribution in [-0.4, -0.2) is 18.0 Å². The Morgan fingerprint density at radius 3 is 2.53 bits per heavy atom. The van der Waals surface area contributed by atoms with Crippen LogP contribution >= 0.6 is 0 Å². The van der Waals surface area contributed by atoms with Gasteiger partial charge in [0, 0.05) is 24.2 Å². The zero-order valence-electron chi connectivity index (χ0n) is 11.8. The van der Waals surface area contributed by atoms with Gasteiger partial charge in [-0.25, -0.2) is 0 Å². The van der Waals surface area contributed by atoms with Gasteiger partial charge in [-0.2, -0.15) is 0 Å². The highest BCUT2D eigenvalue weighted by Gasteiger charge is 2.36. The lowest BCUT2D eigenvalue weighted by Crippen LogP contribution is -2.50. The highest BCUT2D eigenvalue weighted by molar-refractivity contribution is 5.94. The van der Waals surface area contributed by atoms with Crippen LogP contribution in [0.2, 0.25) is 0 Å². The number of hydrogen-bond acceptors (Lipinski definition) is 2. The van der Waals surface area contributed by atoms with Crippen LogP contribution < -0.4 is 10.6 Å². The minimum Gasteiger partial charge on any atom is -0.325 e. The predicted molar refractivity (Wildman–Crippen MR) is 79.1 cm³/mol. The Labute approximate surface area is 115 Å². The van der Waals surface area contributed by atoms with E-state index in [1.165, 1.54) is 0 Å². The fraction of sp³-hybridized carbons (Fsp3) is 0.562. The van der Waals surface area contributed by atoms with Crippen LogP contribution in [0.25, 0.3) is 0 Å². The number of carbonyl (C=O) groups is 1. The number of unbranched alkanes of at least 4 members (excludes halogenated alkanes) is 1. The lowest BCUT2D eigenvalue weighted by atomic mass is 9.75. The van der Waals surface area contributed by atoms with Crippen LogP contribution in [0.15, 0.2) is 30.3 Å². The van der Waals surface area contributed by atoms with Gasteiger partial charge in [0.2, 0.25) is 5.91 Å². The first-order valence-corrected chi connectivity index (χ1v) is 7.29. The predicted octanol–water partition coefficient (Wildman–Crippen LogP) is 3.09. The topological polar surface area (TPSA) is 46.3 Å². The quantitative estimate of drug-likeness (QED) is 0.854. The minimum atomic E-state index is -0.240. The van der Waals surface area contributed by atoms with E-state index in [-0.39, 0.29) is 11.4 Å². The van der Waals surface area contributed by atoms with Crippen molar-refractivity contribution in [1.82, 2.24) is 0 Å². The van der Waals surface area contributed by atoms with Crippen LogP contribution in [0.4, 0.5) is 5.69 Å². The SMILES string of the molecule is CCCCN(C(=O)CC1(N)CCC1)c1ccccc1. The molecular formula is C16H24N2O. The van der Waals surface area contributed by atoms with Crippen molar-refractivity contribution in [3.63, 3.8) is 0 Å². The summed E-state index contributed by atoms with van der Waals surface area (Å²) >= 11 is 0. The normalized spacial score (nSPS) is 16.7. The van der Waals surface area contributed by atoms with E-state index in [2.05, 4.69) is 6.92 Å². The summed E-state index contributed by atoms with van der Waals surface area (Å²) in [6, 6.07) is 9.92. The van der Waals surface area contributed by atoms with Crippen molar-refractivity contribution in [2.45, 2.75) is 51.0 Å². The monoisotopic (exact) mass is 260 g/mol. The van der Waals surface area contributed by atoms with Gasteiger partial charge in [0.15, 0.2) is 0 Å². The lowest BCUT2D eigenvalue weighted by Gasteiger charge is -2.39. The van der Waals surface area contributed by atoms with Gasteiger partial charge in [-0.15, -0.1) is 0 Å². The molecule has 0 unspecified atom stereocenters. The Bertz CT molecular complexity index is 412. The average Bonchev–Trinajstić information content (AvgIpc) is 2.38. The van der Waals surface area contributed by atoms with E-state index in [4.69, 9.17) is 5.73 Å². The summed E-state index contributed by atoms with van der Waals surface area (Å²) in [6.45, 7) is 2.93. The van der Waals surface area contributed by atoms with Gasteiger partial charge in [0.25, 0.3) is 0 Å². The minimum absolute atomic E-state index is 0.168. The number of benzene rings is 1. The summed E-state index contributed by atoms with van der Waals surface area (Å²) in [4.78, 5) is 14.4. The molecule has 104 valence electrons. The maximum absolute atomic E-state index is 12.5. The highest BCUT2D eigenvalue weighted by atomic mass is 16.2.